The third kappa shape index (κ3) is 3.63. The van der Waals surface area contributed by atoms with Crippen LogP contribution in [0.1, 0.15) is 42.4 Å². The highest BCUT2D eigenvalue weighted by Crippen LogP contribution is 2.43. The monoisotopic (exact) mass is 495 g/mol. The molecule has 0 fully saturated rings. The van der Waals surface area contributed by atoms with E-state index in [0.717, 1.165) is 61.8 Å². The zero-order chi connectivity index (χ0) is 25.7. The SMILES string of the molecule is COc1ccc(CNc2ncnc3c2c2c(n3C(C)C)CCC(=O)n3c-2cc2ccccc23)c(OC)c1. The van der Waals surface area contributed by atoms with Crippen molar-refractivity contribution in [1.29, 1.82) is 0 Å². The summed E-state index contributed by atoms with van der Waals surface area (Å²) < 4.78 is 15.1. The predicted octanol–water partition coefficient (Wildman–Crippen LogP) is 5.85. The summed E-state index contributed by atoms with van der Waals surface area (Å²) in [7, 11) is 3.29. The topological polar surface area (TPSA) is 83.2 Å². The van der Waals surface area contributed by atoms with Gasteiger partial charge in [-0.1, -0.05) is 18.2 Å². The van der Waals surface area contributed by atoms with Crippen LogP contribution in [0.3, 0.4) is 0 Å². The number of hydrogen-bond acceptors (Lipinski definition) is 6. The van der Waals surface area contributed by atoms with Crippen molar-refractivity contribution in [1.82, 2.24) is 19.1 Å². The van der Waals surface area contributed by atoms with Crippen LogP contribution in [0.4, 0.5) is 5.82 Å². The Morgan fingerprint density at radius 3 is 2.65 bits per heavy atom. The fourth-order valence-corrected chi connectivity index (χ4v) is 5.51. The van der Waals surface area contributed by atoms with E-state index in [2.05, 4.69) is 40.8 Å². The summed E-state index contributed by atoms with van der Waals surface area (Å²) in [5, 5.41) is 5.50. The van der Waals surface area contributed by atoms with Gasteiger partial charge in [0.1, 0.15) is 29.3 Å². The molecule has 0 aliphatic carbocycles. The van der Waals surface area contributed by atoms with Crippen LogP contribution < -0.4 is 14.8 Å². The number of carbonyl (C=O) groups is 1. The second-order valence-corrected chi connectivity index (χ2v) is 9.56. The number of fused-ring (bicyclic) bond motifs is 7. The average molecular weight is 496 g/mol. The number of hydrogen-bond donors (Lipinski definition) is 1. The second-order valence-electron chi connectivity index (χ2n) is 9.56. The molecule has 0 atom stereocenters. The highest BCUT2D eigenvalue weighted by atomic mass is 16.5. The molecule has 5 aromatic rings. The van der Waals surface area contributed by atoms with Crippen molar-refractivity contribution in [3.8, 4) is 22.8 Å². The summed E-state index contributed by atoms with van der Waals surface area (Å²) in [4.78, 5) is 22.8. The van der Waals surface area contributed by atoms with E-state index < -0.39 is 0 Å². The number of ether oxygens (including phenoxy) is 2. The Hall–Kier alpha value is -4.33. The van der Waals surface area contributed by atoms with Gasteiger partial charge in [0.05, 0.1) is 30.8 Å². The fourth-order valence-electron chi connectivity index (χ4n) is 5.51. The molecule has 8 nitrogen and oxygen atoms in total. The van der Waals surface area contributed by atoms with Crippen molar-refractivity contribution >= 4 is 33.7 Å². The van der Waals surface area contributed by atoms with Crippen molar-refractivity contribution in [2.75, 3.05) is 19.5 Å². The predicted molar refractivity (Wildman–Crippen MR) is 145 cm³/mol. The molecule has 8 heteroatoms. The number of nitrogens with one attached hydrogen (secondary N) is 1. The molecule has 0 saturated heterocycles. The van der Waals surface area contributed by atoms with Crippen molar-refractivity contribution in [2.45, 2.75) is 39.3 Å². The third-order valence-corrected chi connectivity index (χ3v) is 7.13. The molecule has 4 heterocycles. The smallest absolute Gasteiger partial charge is 0.231 e. The lowest BCUT2D eigenvalue weighted by atomic mass is 10.1. The van der Waals surface area contributed by atoms with Crippen molar-refractivity contribution in [2.24, 2.45) is 0 Å². The van der Waals surface area contributed by atoms with Gasteiger partial charge in [0, 0.05) is 47.3 Å². The van der Waals surface area contributed by atoms with Crippen molar-refractivity contribution < 1.29 is 14.3 Å². The summed E-state index contributed by atoms with van der Waals surface area (Å²) in [5.74, 6) is 2.30. The molecule has 2 aromatic carbocycles. The minimum Gasteiger partial charge on any atom is -0.497 e. The molecule has 0 amide bonds. The molecule has 3 aromatic heterocycles. The second kappa shape index (κ2) is 8.96. The number of anilines is 1. The molecule has 1 N–H and O–H groups in total. The van der Waals surface area contributed by atoms with Gasteiger partial charge in [-0.25, -0.2) is 9.97 Å². The zero-order valence-electron chi connectivity index (χ0n) is 21.4. The van der Waals surface area contributed by atoms with Gasteiger partial charge in [0.2, 0.25) is 5.91 Å². The van der Waals surface area contributed by atoms with Crippen LogP contribution in [0.2, 0.25) is 0 Å². The van der Waals surface area contributed by atoms with E-state index in [0.29, 0.717) is 19.4 Å². The van der Waals surface area contributed by atoms with E-state index in [-0.39, 0.29) is 11.9 Å². The molecule has 37 heavy (non-hydrogen) atoms. The molecular formula is C29H29N5O3. The fraction of sp³-hybridized carbons (Fsp3) is 0.276. The maximum absolute atomic E-state index is 13.4. The van der Waals surface area contributed by atoms with E-state index in [1.807, 2.05) is 41.0 Å². The van der Waals surface area contributed by atoms with Gasteiger partial charge in [0.15, 0.2) is 0 Å². The summed E-state index contributed by atoms with van der Waals surface area (Å²) >= 11 is 0. The van der Waals surface area contributed by atoms with Crippen LogP contribution in [0.15, 0.2) is 54.9 Å². The summed E-state index contributed by atoms with van der Waals surface area (Å²) in [6, 6.07) is 16.1. The quantitative estimate of drug-likeness (QED) is 0.318. The van der Waals surface area contributed by atoms with Crippen LogP contribution in [-0.4, -0.2) is 39.2 Å². The van der Waals surface area contributed by atoms with E-state index in [9.17, 15) is 4.79 Å². The first-order chi connectivity index (χ1) is 18.0. The highest BCUT2D eigenvalue weighted by molar-refractivity contribution is 6.08. The third-order valence-electron chi connectivity index (χ3n) is 7.13. The standard InChI is InChI=1S/C29H29N5O3/c1-17(2)33-22-11-12-25(35)34-21-8-6-5-7-18(21)13-23(34)26(22)27-28(31-16-32-29(27)33)30-15-19-9-10-20(36-3)14-24(19)37-4/h5-10,13-14,16-17H,11-12,15H2,1-4H3,(H,30,31,32). The summed E-state index contributed by atoms with van der Waals surface area (Å²) in [6.45, 7) is 4.81. The van der Waals surface area contributed by atoms with Crippen LogP contribution in [0.5, 0.6) is 11.5 Å². The number of rotatable bonds is 6. The van der Waals surface area contributed by atoms with Crippen LogP contribution in [-0.2, 0) is 13.0 Å². The van der Waals surface area contributed by atoms with Gasteiger partial charge in [-0.2, -0.15) is 0 Å². The van der Waals surface area contributed by atoms with E-state index in [1.165, 1.54) is 0 Å². The Morgan fingerprint density at radius 1 is 1.03 bits per heavy atom. The number of methoxy groups -OCH3 is 2. The first-order valence-corrected chi connectivity index (χ1v) is 12.5. The number of para-hydroxylation sites is 1. The Bertz CT molecular complexity index is 1660. The zero-order valence-corrected chi connectivity index (χ0v) is 21.4. The molecule has 1 aliphatic heterocycles. The van der Waals surface area contributed by atoms with Crippen molar-refractivity contribution in [3.63, 3.8) is 0 Å². The molecule has 188 valence electrons. The lowest BCUT2D eigenvalue weighted by molar-refractivity contribution is 0.0911. The van der Waals surface area contributed by atoms with Gasteiger partial charge in [-0.3, -0.25) is 9.36 Å². The largest absolute Gasteiger partial charge is 0.497 e. The van der Waals surface area contributed by atoms with Gasteiger partial charge in [0.25, 0.3) is 0 Å². The molecule has 6 rings (SSSR count). The van der Waals surface area contributed by atoms with Crippen LogP contribution in [0, 0.1) is 0 Å². The molecule has 0 bridgehead atoms. The van der Waals surface area contributed by atoms with Crippen molar-refractivity contribution in [3.05, 3.63) is 66.1 Å². The molecule has 1 aliphatic rings. The maximum Gasteiger partial charge on any atom is 0.231 e. The molecule has 0 spiro atoms. The minimum atomic E-state index is 0.102. The molecule has 0 unspecified atom stereocenters. The maximum atomic E-state index is 13.4. The Morgan fingerprint density at radius 2 is 1.86 bits per heavy atom. The molecule has 0 saturated carbocycles. The number of benzene rings is 2. The first-order valence-electron chi connectivity index (χ1n) is 12.5. The van der Waals surface area contributed by atoms with E-state index in [4.69, 9.17) is 14.5 Å². The van der Waals surface area contributed by atoms with E-state index in [1.54, 1.807) is 20.5 Å². The Balaban J connectivity index is 1.56. The number of nitrogens with zero attached hydrogens (tertiary/aromatic N) is 4. The van der Waals surface area contributed by atoms with Crippen LogP contribution >= 0.6 is 0 Å². The first kappa shape index (κ1) is 23.1. The van der Waals surface area contributed by atoms with E-state index >= 15 is 0 Å². The Labute approximate surface area is 214 Å². The molecular weight excluding hydrogens is 466 g/mol. The number of aromatic nitrogens is 4. The Kier molecular flexibility index (Phi) is 5.59. The normalized spacial score (nSPS) is 13.1. The minimum absolute atomic E-state index is 0.102. The highest BCUT2D eigenvalue weighted by Gasteiger charge is 2.31. The number of carbonyl (C=O) groups excluding carboxylic acids is 1. The van der Waals surface area contributed by atoms with Crippen LogP contribution in [0.25, 0.3) is 33.2 Å². The van der Waals surface area contributed by atoms with Gasteiger partial charge in [-0.05, 0) is 44.5 Å². The van der Waals surface area contributed by atoms with Gasteiger partial charge in [-0.15, -0.1) is 0 Å². The summed E-state index contributed by atoms with van der Waals surface area (Å²) in [6.07, 6.45) is 2.68. The average Bonchev–Trinajstić information content (AvgIpc) is 3.42. The summed E-state index contributed by atoms with van der Waals surface area (Å²) in [5.41, 5.74) is 5.80. The van der Waals surface area contributed by atoms with Gasteiger partial charge >= 0.3 is 0 Å². The molecule has 0 radical (unpaired) electrons. The lowest BCUT2D eigenvalue weighted by Gasteiger charge is -2.14. The lowest BCUT2D eigenvalue weighted by Crippen LogP contribution is -2.11. The van der Waals surface area contributed by atoms with Gasteiger partial charge < -0.3 is 19.4 Å².